The number of benzene rings is 1. The van der Waals surface area contributed by atoms with Crippen LogP contribution in [0.1, 0.15) is 23.0 Å². The zero-order chi connectivity index (χ0) is 13.8. The molecule has 5 nitrogen and oxygen atoms in total. The maximum Gasteiger partial charge on any atom is 0.344 e. The summed E-state index contributed by atoms with van der Waals surface area (Å²) < 4.78 is 5.26. The summed E-state index contributed by atoms with van der Waals surface area (Å²) in [4.78, 5) is 26.9. The minimum atomic E-state index is -0.443. The molecule has 0 saturated carbocycles. The molecule has 2 aromatic rings. The number of hydrogen-bond acceptors (Lipinski definition) is 5. The number of rotatable bonds is 3. The molecule has 0 unspecified atom stereocenters. The lowest BCUT2D eigenvalue weighted by atomic mass is 10.2. The van der Waals surface area contributed by atoms with Gasteiger partial charge in [-0.1, -0.05) is 29.5 Å². The molecule has 0 fully saturated rings. The molecule has 6 heteroatoms. The van der Waals surface area contributed by atoms with Gasteiger partial charge in [-0.15, -0.1) is 0 Å². The maximum absolute atomic E-state index is 11.9. The molecule has 0 aliphatic heterocycles. The number of aryl methyl sites for hydroxylation is 1. The van der Waals surface area contributed by atoms with Crippen molar-refractivity contribution in [2.24, 2.45) is 0 Å². The van der Waals surface area contributed by atoms with Gasteiger partial charge in [0.1, 0.15) is 0 Å². The van der Waals surface area contributed by atoms with Crippen LogP contribution < -0.4 is 10.1 Å². The number of thiazole rings is 1. The Morgan fingerprint density at radius 1 is 1.26 bits per heavy atom. The summed E-state index contributed by atoms with van der Waals surface area (Å²) in [5.41, 5.74) is 1.04. The summed E-state index contributed by atoms with van der Waals surface area (Å²) in [6, 6.07) is 8.70. The molecule has 1 N–H and O–H groups in total. The Labute approximate surface area is 114 Å². The number of carbonyl (C=O) groups excluding carboxylic acids is 2. The summed E-state index contributed by atoms with van der Waals surface area (Å²) in [6.45, 7) is 3.11. The van der Waals surface area contributed by atoms with Crippen molar-refractivity contribution in [3.63, 3.8) is 0 Å². The fourth-order valence-electron chi connectivity index (χ4n) is 1.40. The zero-order valence-electron chi connectivity index (χ0n) is 10.5. The lowest BCUT2D eigenvalue weighted by Gasteiger charge is -2.01. The first-order valence-electron chi connectivity index (χ1n) is 5.58. The Kier molecular flexibility index (Phi) is 3.91. The second-order valence-corrected chi connectivity index (χ2v) is 4.79. The highest BCUT2D eigenvalue weighted by molar-refractivity contribution is 7.17. The monoisotopic (exact) mass is 276 g/mol. The van der Waals surface area contributed by atoms with Crippen LogP contribution in [0.4, 0.5) is 5.13 Å². The van der Waals surface area contributed by atoms with Crippen molar-refractivity contribution in [3.8, 4) is 5.06 Å². The van der Waals surface area contributed by atoms with Gasteiger partial charge in [0, 0.05) is 6.92 Å². The number of hydrogen-bond donors (Lipinski definition) is 1. The second-order valence-electron chi connectivity index (χ2n) is 3.83. The number of anilines is 1. The van der Waals surface area contributed by atoms with E-state index in [9.17, 15) is 9.59 Å². The minimum absolute atomic E-state index is 0.213. The van der Waals surface area contributed by atoms with E-state index in [1.54, 1.807) is 31.2 Å². The smallest absolute Gasteiger partial charge is 0.344 e. The summed E-state index contributed by atoms with van der Waals surface area (Å²) in [5.74, 6) is -0.656. The van der Waals surface area contributed by atoms with Crippen molar-refractivity contribution in [3.05, 3.63) is 41.6 Å². The first kappa shape index (κ1) is 13.2. The molecule has 98 valence electrons. The summed E-state index contributed by atoms with van der Waals surface area (Å²) >= 11 is 1.12. The van der Waals surface area contributed by atoms with Crippen molar-refractivity contribution in [1.82, 2.24) is 4.98 Å². The highest BCUT2D eigenvalue weighted by Gasteiger charge is 2.14. The third-order valence-corrected chi connectivity index (χ3v) is 3.18. The van der Waals surface area contributed by atoms with Crippen LogP contribution in [0, 0.1) is 6.92 Å². The molecule has 0 radical (unpaired) electrons. The molecule has 0 spiro atoms. The molecule has 1 amide bonds. The fourth-order valence-corrected chi connectivity index (χ4v) is 2.26. The van der Waals surface area contributed by atoms with Gasteiger partial charge in [0.2, 0.25) is 11.0 Å². The molecule has 0 saturated heterocycles. The van der Waals surface area contributed by atoms with Crippen LogP contribution in [0.2, 0.25) is 0 Å². The topological polar surface area (TPSA) is 68.3 Å². The van der Waals surface area contributed by atoms with Crippen LogP contribution in [0.5, 0.6) is 5.06 Å². The summed E-state index contributed by atoms with van der Waals surface area (Å²) in [7, 11) is 0. The number of aromatic nitrogens is 1. The van der Waals surface area contributed by atoms with Crippen LogP contribution in [-0.4, -0.2) is 16.9 Å². The van der Waals surface area contributed by atoms with E-state index in [1.807, 2.05) is 6.07 Å². The summed E-state index contributed by atoms with van der Waals surface area (Å²) in [6.07, 6.45) is 0. The van der Waals surface area contributed by atoms with Gasteiger partial charge in [-0.3, -0.25) is 4.79 Å². The molecule has 0 bridgehead atoms. The van der Waals surface area contributed by atoms with Crippen LogP contribution >= 0.6 is 11.3 Å². The third kappa shape index (κ3) is 3.38. The number of carbonyl (C=O) groups is 2. The highest BCUT2D eigenvalue weighted by atomic mass is 32.1. The average molecular weight is 276 g/mol. The maximum atomic E-state index is 11.9. The lowest BCUT2D eigenvalue weighted by molar-refractivity contribution is -0.114. The van der Waals surface area contributed by atoms with Crippen LogP contribution in [0.3, 0.4) is 0 Å². The van der Waals surface area contributed by atoms with E-state index in [-0.39, 0.29) is 5.91 Å². The first-order chi connectivity index (χ1) is 9.06. The van der Waals surface area contributed by atoms with Gasteiger partial charge in [-0.05, 0) is 19.1 Å². The number of esters is 1. The van der Waals surface area contributed by atoms with Crippen molar-refractivity contribution >= 4 is 28.3 Å². The number of amides is 1. The van der Waals surface area contributed by atoms with Gasteiger partial charge in [0.15, 0.2) is 5.13 Å². The van der Waals surface area contributed by atoms with E-state index in [1.165, 1.54) is 6.92 Å². The van der Waals surface area contributed by atoms with Crippen LogP contribution in [-0.2, 0) is 4.79 Å². The van der Waals surface area contributed by atoms with Gasteiger partial charge in [0.05, 0.1) is 11.3 Å². The Morgan fingerprint density at radius 3 is 2.58 bits per heavy atom. The normalized spacial score (nSPS) is 10.0. The third-order valence-electron chi connectivity index (χ3n) is 2.23. The van der Waals surface area contributed by atoms with Crippen molar-refractivity contribution in [1.29, 1.82) is 0 Å². The van der Waals surface area contributed by atoms with Crippen molar-refractivity contribution in [2.75, 3.05) is 5.32 Å². The first-order valence-corrected chi connectivity index (χ1v) is 6.40. The largest absolute Gasteiger partial charge is 0.410 e. The standard InChI is InChI=1S/C13H12N2O3S/c1-8-12(19-13(14-8)15-9(2)16)18-11(17)10-6-4-3-5-7-10/h3-7H,1-2H3,(H,14,15,16). The Morgan fingerprint density at radius 2 is 1.95 bits per heavy atom. The van der Waals surface area contributed by atoms with E-state index in [0.717, 1.165) is 11.3 Å². The van der Waals surface area contributed by atoms with Gasteiger partial charge in [0.25, 0.3) is 0 Å². The van der Waals surface area contributed by atoms with E-state index >= 15 is 0 Å². The van der Waals surface area contributed by atoms with Crippen molar-refractivity contribution in [2.45, 2.75) is 13.8 Å². The molecule has 0 aliphatic rings. The molecule has 19 heavy (non-hydrogen) atoms. The van der Waals surface area contributed by atoms with Gasteiger partial charge >= 0.3 is 5.97 Å². The molecule has 2 rings (SSSR count). The average Bonchev–Trinajstić information content (AvgIpc) is 2.69. The van der Waals surface area contributed by atoms with Crippen LogP contribution in [0.15, 0.2) is 30.3 Å². The Hall–Kier alpha value is -2.21. The number of nitrogens with zero attached hydrogens (tertiary/aromatic N) is 1. The molecular formula is C13H12N2O3S. The predicted octanol–water partition coefficient (Wildman–Crippen LogP) is 2.63. The fraction of sp³-hybridized carbons (Fsp3) is 0.154. The Bertz CT molecular complexity index is 608. The highest BCUT2D eigenvalue weighted by Crippen LogP contribution is 2.30. The van der Waals surface area contributed by atoms with E-state index in [4.69, 9.17) is 4.74 Å². The van der Waals surface area contributed by atoms with E-state index in [2.05, 4.69) is 10.3 Å². The molecule has 0 atom stereocenters. The van der Waals surface area contributed by atoms with E-state index in [0.29, 0.717) is 21.5 Å². The zero-order valence-corrected chi connectivity index (χ0v) is 11.3. The minimum Gasteiger partial charge on any atom is -0.410 e. The van der Waals surface area contributed by atoms with E-state index < -0.39 is 5.97 Å². The molecule has 1 heterocycles. The summed E-state index contributed by atoms with van der Waals surface area (Å²) in [5, 5.41) is 3.36. The van der Waals surface area contributed by atoms with Gasteiger partial charge in [-0.2, -0.15) is 0 Å². The molecule has 1 aromatic carbocycles. The number of nitrogens with one attached hydrogen (secondary N) is 1. The predicted molar refractivity (Wildman–Crippen MR) is 72.6 cm³/mol. The second kappa shape index (κ2) is 5.62. The SMILES string of the molecule is CC(=O)Nc1nc(C)c(OC(=O)c2ccccc2)s1. The molecule has 1 aromatic heterocycles. The number of ether oxygens (including phenoxy) is 1. The molecule has 0 aliphatic carbocycles. The lowest BCUT2D eigenvalue weighted by Crippen LogP contribution is -2.07. The van der Waals surface area contributed by atoms with Crippen LogP contribution in [0.25, 0.3) is 0 Å². The van der Waals surface area contributed by atoms with Gasteiger partial charge in [-0.25, -0.2) is 9.78 Å². The van der Waals surface area contributed by atoms with Gasteiger partial charge < -0.3 is 10.1 Å². The quantitative estimate of drug-likeness (QED) is 0.875. The van der Waals surface area contributed by atoms with Crippen molar-refractivity contribution < 1.29 is 14.3 Å². The Balaban J connectivity index is 2.13. The molecular weight excluding hydrogens is 264 g/mol.